The summed E-state index contributed by atoms with van der Waals surface area (Å²) in [5.74, 6) is -1.60. The number of esters is 1. The van der Waals surface area contributed by atoms with E-state index in [4.69, 9.17) is 14.2 Å². The first kappa shape index (κ1) is 12.6. The molecule has 5 rings (SSSR count). The van der Waals surface area contributed by atoms with Crippen molar-refractivity contribution in [1.29, 1.82) is 0 Å². The number of rotatable bonds is 1. The molecule has 2 saturated carbocycles. The number of hydrogen-bond donors (Lipinski definition) is 2. The predicted octanol–water partition coefficient (Wildman–Crippen LogP) is -0.618. The summed E-state index contributed by atoms with van der Waals surface area (Å²) >= 11 is 0. The summed E-state index contributed by atoms with van der Waals surface area (Å²) in [5.41, 5.74) is -2.38. The van der Waals surface area contributed by atoms with Crippen molar-refractivity contribution in [2.45, 2.75) is 49.5 Å². The lowest BCUT2D eigenvalue weighted by molar-refractivity contribution is -0.232. The number of aliphatic hydroxyl groups is 2. The maximum Gasteiger partial charge on any atom is 0.313 e. The van der Waals surface area contributed by atoms with E-state index in [0.29, 0.717) is 6.61 Å². The van der Waals surface area contributed by atoms with E-state index in [0.717, 1.165) is 5.57 Å². The predicted molar refractivity (Wildman–Crippen MR) is 68.1 cm³/mol. The topological polar surface area (TPSA) is 91.8 Å². The van der Waals surface area contributed by atoms with Gasteiger partial charge < -0.3 is 24.4 Å². The fourth-order valence-corrected chi connectivity index (χ4v) is 5.49. The summed E-state index contributed by atoms with van der Waals surface area (Å²) in [6.45, 7) is 7.96. The molecule has 0 aromatic rings. The molecule has 2 aliphatic carbocycles. The van der Waals surface area contributed by atoms with Crippen LogP contribution >= 0.6 is 0 Å². The van der Waals surface area contributed by atoms with Gasteiger partial charge in [0.2, 0.25) is 0 Å². The Morgan fingerprint density at radius 2 is 2.10 bits per heavy atom. The second-order valence-electron chi connectivity index (χ2n) is 7.38. The molecule has 114 valence electrons. The lowest BCUT2D eigenvalue weighted by Gasteiger charge is -2.54. The van der Waals surface area contributed by atoms with Crippen molar-refractivity contribution in [2.75, 3.05) is 6.61 Å². The van der Waals surface area contributed by atoms with E-state index in [9.17, 15) is 15.0 Å². The van der Waals surface area contributed by atoms with Gasteiger partial charge in [0.05, 0.1) is 17.9 Å². The van der Waals surface area contributed by atoms with E-state index in [-0.39, 0.29) is 12.0 Å². The minimum Gasteiger partial charge on any atom is -0.459 e. The number of carbonyl (C=O) groups is 1. The number of epoxide rings is 2. The molecule has 0 radical (unpaired) electrons. The quantitative estimate of drug-likeness (QED) is 0.380. The van der Waals surface area contributed by atoms with Crippen LogP contribution in [0.25, 0.3) is 0 Å². The van der Waals surface area contributed by atoms with Gasteiger partial charge in [0, 0.05) is 5.92 Å². The second kappa shape index (κ2) is 3.06. The standard InChI is InChI=1S/C15H18O6/c1-5(2)6-7-12(17)20-8(6)9(16)13(3)14(4-19-14)10-11(21-10)15(7,13)18/h6-11,16,18H,1,4H2,2-3H3/t6-,7?,8+,9+,10+,11-,13-,14+,15-/m0/s1. The molecule has 6 nitrogen and oxygen atoms in total. The summed E-state index contributed by atoms with van der Waals surface area (Å²) in [6, 6.07) is 0. The van der Waals surface area contributed by atoms with Gasteiger partial charge in [0.15, 0.2) is 0 Å². The van der Waals surface area contributed by atoms with E-state index in [1.54, 1.807) is 13.8 Å². The Balaban J connectivity index is 1.76. The van der Waals surface area contributed by atoms with Crippen molar-refractivity contribution in [3.05, 3.63) is 12.2 Å². The Morgan fingerprint density at radius 1 is 1.43 bits per heavy atom. The Labute approximate surface area is 121 Å². The fourth-order valence-electron chi connectivity index (χ4n) is 5.49. The van der Waals surface area contributed by atoms with Gasteiger partial charge >= 0.3 is 5.97 Å². The van der Waals surface area contributed by atoms with Gasteiger partial charge in [-0.2, -0.15) is 0 Å². The molecule has 6 heteroatoms. The third kappa shape index (κ3) is 0.958. The first-order valence-corrected chi connectivity index (χ1v) is 7.36. The van der Waals surface area contributed by atoms with Crippen LogP contribution in [0.1, 0.15) is 13.8 Å². The van der Waals surface area contributed by atoms with Crippen LogP contribution in [0.5, 0.6) is 0 Å². The molecular weight excluding hydrogens is 276 g/mol. The van der Waals surface area contributed by atoms with Crippen molar-refractivity contribution in [3.63, 3.8) is 0 Å². The Bertz CT molecular complexity index is 597. The molecule has 0 aromatic heterocycles. The Hall–Kier alpha value is -0.950. The van der Waals surface area contributed by atoms with E-state index >= 15 is 0 Å². The molecule has 3 heterocycles. The molecule has 2 N–H and O–H groups in total. The van der Waals surface area contributed by atoms with Crippen LogP contribution in [0.4, 0.5) is 0 Å². The first-order chi connectivity index (χ1) is 9.80. The van der Waals surface area contributed by atoms with Gasteiger partial charge in [-0.1, -0.05) is 19.1 Å². The SMILES string of the molecule is C=C(C)[C@H]1C2C(=O)O[C@H]1[C@@H](O)[C@@]1(C)[C@@]3(CO3)[C@@H]3O[C@@H]3[C@@]21O. The Morgan fingerprint density at radius 3 is 2.67 bits per heavy atom. The average Bonchev–Trinajstić information content (AvgIpc) is 3.27. The second-order valence-corrected chi connectivity index (χ2v) is 7.38. The maximum absolute atomic E-state index is 12.4. The normalized spacial score (nSPS) is 65.8. The van der Waals surface area contributed by atoms with Crippen LogP contribution in [0.15, 0.2) is 12.2 Å². The minimum absolute atomic E-state index is 0.236. The lowest BCUT2D eigenvalue weighted by atomic mass is 9.52. The molecule has 3 saturated heterocycles. The third-order valence-corrected chi connectivity index (χ3v) is 6.72. The molecule has 9 atom stereocenters. The number of aliphatic hydroxyl groups excluding tert-OH is 1. The van der Waals surface area contributed by atoms with E-state index in [2.05, 4.69) is 6.58 Å². The van der Waals surface area contributed by atoms with Gasteiger partial charge in [-0.3, -0.25) is 4.79 Å². The van der Waals surface area contributed by atoms with Gasteiger partial charge in [-0.25, -0.2) is 0 Å². The van der Waals surface area contributed by atoms with Crippen LogP contribution in [0.3, 0.4) is 0 Å². The number of ether oxygens (including phenoxy) is 3. The molecule has 1 spiro atoms. The molecule has 21 heavy (non-hydrogen) atoms. The lowest BCUT2D eigenvalue weighted by Crippen LogP contribution is -2.70. The molecule has 5 aliphatic rings. The van der Waals surface area contributed by atoms with E-state index < -0.39 is 46.8 Å². The molecular formula is C15H18O6. The monoisotopic (exact) mass is 294 g/mol. The van der Waals surface area contributed by atoms with Gasteiger partial charge in [-0.05, 0) is 6.92 Å². The highest BCUT2D eigenvalue weighted by atomic mass is 16.7. The van der Waals surface area contributed by atoms with Crippen LogP contribution in [0.2, 0.25) is 0 Å². The Kier molecular flexibility index (Phi) is 1.83. The number of hydrogen-bond acceptors (Lipinski definition) is 6. The summed E-state index contributed by atoms with van der Waals surface area (Å²) in [4.78, 5) is 12.4. The van der Waals surface area contributed by atoms with Crippen LogP contribution in [-0.4, -0.2) is 58.4 Å². The highest BCUT2D eigenvalue weighted by Gasteiger charge is 2.94. The van der Waals surface area contributed by atoms with Crippen LogP contribution < -0.4 is 0 Å². The zero-order chi connectivity index (χ0) is 14.9. The molecule has 2 bridgehead atoms. The molecule has 0 amide bonds. The molecule has 1 unspecified atom stereocenters. The van der Waals surface area contributed by atoms with Gasteiger partial charge in [-0.15, -0.1) is 0 Å². The van der Waals surface area contributed by atoms with Crippen LogP contribution in [0, 0.1) is 17.3 Å². The average molecular weight is 294 g/mol. The minimum atomic E-state index is -1.47. The van der Waals surface area contributed by atoms with Crippen molar-refractivity contribution >= 4 is 5.97 Å². The summed E-state index contributed by atoms with van der Waals surface area (Å²) in [6.07, 6.45) is -2.37. The van der Waals surface area contributed by atoms with Crippen molar-refractivity contribution in [1.82, 2.24) is 0 Å². The highest BCUT2D eigenvalue weighted by molar-refractivity contribution is 5.80. The van der Waals surface area contributed by atoms with E-state index in [1.165, 1.54) is 0 Å². The highest BCUT2D eigenvalue weighted by Crippen LogP contribution is 2.75. The summed E-state index contributed by atoms with van der Waals surface area (Å²) < 4.78 is 16.7. The zero-order valence-electron chi connectivity index (χ0n) is 11.9. The van der Waals surface area contributed by atoms with Crippen molar-refractivity contribution in [3.8, 4) is 0 Å². The maximum atomic E-state index is 12.4. The first-order valence-electron chi connectivity index (χ1n) is 7.36. The number of fused-ring (bicyclic) bond motifs is 8. The fraction of sp³-hybridized carbons (Fsp3) is 0.800. The van der Waals surface area contributed by atoms with E-state index in [1.807, 2.05) is 0 Å². The molecule has 0 aromatic carbocycles. The summed E-state index contributed by atoms with van der Waals surface area (Å²) in [5, 5.41) is 22.4. The van der Waals surface area contributed by atoms with Crippen LogP contribution in [-0.2, 0) is 19.0 Å². The smallest absolute Gasteiger partial charge is 0.313 e. The zero-order valence-corrected chi connectivity index (χ0v) is 11.9. The third-order valence-electron chi connectivity index (χ3n) is 6.72. The summed E-state index contributed by atoms with van der Waals surface area (Å²) in [7, 11) is 0. The largest absolute Gasteiger partial charge is 0.459 e. The van der Waals surface area contributed by atoms with Gasteiger partial charge in [0.1, 0.15) is 35.6 Å². The van der Waals surface area contributed by atoms with Crippen molar-refractivity contribution in [2.24, 2.45) is 17.3 Å². The van der Waals surface area contributed by atoms with Gasteiger partial charge in [0.25, 0.3) is 0 Å². The molecule has 5 fully saturated rings. The van der Waals surface area contributed by atoms with Crippen molar-refractivity contribution < 1.29 is 29.2 Å². The molecule has 3 aliphatic heterocycles. The number of carbonyl (C=O) groups excluding carboxylic acids is 1.